The summed E-state index contributed by atoms with van der Waals surface area (Å²) in [6.07, 6.45) is 1.04. The molecule has 34 heavy (non-hydrogen) atoms. The van der Waals surface area contributed by atoms with Crippen molar-refractivity contribution in [3.8, 4) is 17.2 Å². The zero-order chi connectivity index (χ0) is 24.5. The first-order valence-electron chi connectivity index (χ1n) is 11.5. The Bertz CT molecular complexity index is 1010. The number of hydrogen-bond donors (Lipinski definition) is 3. The van der Waals surface area contributed by atoms with E-state index in [1.807, 2.05) is 45.0 Å². The normalized spacial score (nSPS) is 14.4. The molecule has 0 aliphatic carbocycles. The third-order valence-electron chi connectivity index (χ3n) is 5.32. The quantitative estimate of drug-likeness (QED) is 0.460. The molecular formula is C25H31N3O6. The maximum absolute atomic E-state index is 12.7. The predicted octanol–water partition coefficient (Wildman–Crippen LogP) is 3.23. The summed E-state index contributed by atoms with van der Waals surface area (Å²) < 4.78 is 16.9. The molecule has 1 aliphatic heterocycles. The number of para-hydroxylation sites is 1. The van der Waals surface area contributed by atoms with Crippen molar-refractivity contribution in [1.29, 1.82) is 0 Å². The number of nitrogens with one attached hydrogen (secondary N) is 3. The number of hydrogen-bond acceptors (Lipinski definition) is 6. The van der Waals surface area contributed by atoms with Crippen LogP contribution in [0.5, 0.6) is 17.2 Å². The van der Waals surface area contributed by atoms with Crippen LogP contribution in [0.3, 0.4) is 0 Å². The molecule has 3 N–H and O–H groups in total. The molecule has 0 aromatic heterocycles. The number of ether oxygens (including phenoxy) is 3. The molecule has 0 radical (unpaired) electrons. The van der Waals surface area contributed by atoms with E-state index in [4.69, 9.17) is 14.2 Å². The van der Waals surface area contributed by atoms with Crippen molar-refractivity contribution in [1.82, 2.24) is 10.9 Å². The average molecular weight is 470 g/mol. The third kappa shape index (κ3) is 6.18. The standard InChI is InChI=1S/C25H31N3O6/c1-4-32-20-14-18(15-21(33-5-2)23(20)34-6-3)25(31)28-27-22(29)12-11-17-13-16-9-7-8-10-19(16)26-24(17)30/h7-10,14-15,17H,4-6,11-13H2,1-3H3,(H,26,30)(H,27,29)(H,28,31). The number of carbonyl (C=O) groups is 3. The van der Waals surface area contributed by atoms with E-state index in [9.17, 15) is 14.4 Å². The molecule has 1 aliphatic rings. The molecular weight excluding hydrogens is 438 g/mol. The Hall–Kier alpha value is -3.75. The Balaban J connectivity index is 1.58. The zero-order valence-electron chi connectivity index (χ0n) is 19.7. The van der Waals surface area contributed by atoms with Gasteiger partial charge in [-0.2, -0.15) is 0 Å². The fraction of sp³-hybridized carbons (Fsp3) is 0.400. The second kappa shape index (κ2) is 11.9. The SMILES string of the molecule is CCOc1cc(C(=O)NNC(=O)CCC2Cc3ccccc3NC2=O)cc(OCC)c1OCC. The molecule has 0 spiro atoms. The van der Waals surface area contributed by atoms with Gasteiger partial charge in [0.1, 0.15) is 0 Å². The largest absolute Gasteiger partial charge is 0.490 e. The van der Waals surface area contributed by atoms with Gasteiger partial charge in [-0.1, -0.05) is 18.2 Å². The lowest BCUT2D eigenvalue weighted by Crippen LogP contribution is -2.42. The molecule has 2 aromatic carbocycles. The van der Waals surface area contributed by atoms with Gasteiger partial charge in [0, 0.05) is 23.6 Å². The summed E-state index contributed by atoms with van der Waals surface area (Å²) in [5.41, 5.74) is 6.94. The molecule has 9 heteroatoms. The molecule has 9 nitrogen and oxygen atoms in total. The number of hydrazine groups is 1. The fourth-order valence-corrected chi connectivity index (χ4v) is 3.73. The van der Waals surface area contributed by atoms with E-state index in [0.29, 0.717) is 49.9 Å². The van der Waals surface area contributed by atoms with Crippen molar-refractivity contribution in [2.45, 2.75) is 40.0 Å². The van der Waals surface area contributed by atoms with Gasteiger partial charge in [0.2, 0.25) is 17.6 Å². The average Bonchev–Trinajstić information content (AvgIpc) is 2.83. The van der Waals surface area contributed by atoms with Gasteiger partial charge in [-0.25, -0.2) is 0 Å². The van der Waals surface area contributed by atoms with Crippen LogP contribution >= 0.6 is 0 Å². The van der Waals surface area contributed by atoms with Gasteiger partial charge in [-0.15, -0.1) is 0 Å². The van der Waals surface area contributed by atoms with Gasteiger partial charge in [-0.3, -0.25) is 25.2 Å². The summed E-state index contributed by atoms with van der Waals surface area (Å²) in [4.78, 5) is 37.3. The number of anilines is 1. The van der Waals surface area contributed by atoms with Crippen molar-refractivity contribution in [3.05, 3.63) is 47.5 Å². The van der Waals surface area contributed by atoms with Crippen molar-refractivity contribution < 1.29 is 28.6 Å². The first-order chi connectivity index (χ1) is 16.5. The summed E-state index contributed by atoms with van der Waals surface area (Å²) in [5, 5.41) is 2.88. The van der Waals surface area contributed by atoms with Crippen LogP contribution in [0.1, 0.15) is 49.5 Å². The molecule has 1 heterocycles. The van der Waals surface area contributed by atoms with Crippen LogP contribution in [-0.2, 0) is 16.0 Å². The Morgan fingerprint density at radius 3 is 2.26 bits per heavy atom. The second-order valence-electron chi connectivity index (χ2n) is 7.69. The minimum atomic E-state index is -0.525. The third-order valence-corrected chi connectivity index (χ3v) is 5.32. The van der Waals surface area contributed by atoms with E-state index in [1.54, 1.807) is 12.1 Å². The molecule has 1 unspecified atom stereocenters. The van der Waals surface area contributed by atoms with Crippen molar-refractivity contribution in [3.63, 3.8) is 0 Å². The number of benzene rings is 2. The van der Waals surface area contributed by atoms with Crippen LogP contribution in [0.15, 0.2) is 36.4 Å². The highest BCUT2D eigenvalue weighted by Crippen LogP contribution is 2.39. The van der Waals surface area contributed by atoms with Crippen LogP contribution in [0.4, 0.5) is 5.69 Å². The molecule has 3 amide bonds. The van der Waals surface area contributed by atoms with Crippen molar-refractivity contribution in [2.75, 3.05) is 25.1 Å². The number of amides is 3. The van der Waals surface area contributed by atoms with E-state index < -0.39 is 5.91 Å². The molecule has 1 atom stereocenters. The molecule has 0 bridgehead atoms. The van der Waals surface area contributed by atoms with Crippen LogP contribution in [0, 0.1) is 5.92 Å². The Morgan fingerprint density at radius 1 is 0.971 bits per heavy atom. The van der Waals surface area contributed by atoms with Crippen LogP contribution in [-0.4, -0.2) is 37.5 Å². The van der Waals surface area contributed by atoms with Gasteiger partial charge in [-0.05, 0) is 57.4 Å². The summed E-state index contributed by atoms with van der Waals surface area (Å²) in [7, 11) is 0. The smallest absolute Gasteiger partial charge is 0.269 e. The lowest BCUT2D eigenvalue weighted by molar-refractivity contribution is -0.123. The van der Waals surface area contributed by atoms with Crippen LogP contribution in [0.2, 0.25) is 0 Å². The van der Waals surface area contributed by atoms with Gasteiger partial charge >= 0.3 is 0 Å². The van der Waals surface area contributed by atoms with Crippen molar-refractivity contribution >= 4 is 23.4 Å². The molecule has 2 aromatic rings. The van der Waals surface area contributed by atoms with Gasteiger partial charge in [0.15, 0.2) is 11.5 Å². The molecule has 182 valence electrons. The highest BCUT2D eigenvalue weighted by molar-refractivity contribution is 5.97. The van der Waals surface area contributed by atoms with E-state index >= 15 is 0 Å². The maximum Gasteiger partial charge on any atom is 0.269 e. The lowest BCUT2D eigenvalue weighted by Gasteiger charge is -2.24. The summed E-state index contributed by atoms with van der Waals surface area (Å²) >= 11 is 0. The lowest BCUT2D eigenvalue weighted by atomic mass is 9.89. The summed E-state index contributed by atoms with van der Waals surface area (Å²) in [6.45, 7) is 6.67. The van der Waals surface area contributed by atoms with E-state index in [0.717, 1.165) is 11.3 Å². The predicted molar refractivity (Wildman–Crippen MR) is 127 cm³/mol. The Kier molecular flexibility index (Phi) is 8.73. The highest BCUT2D eigenvalue weighted by Gasteiger charge is 2.26. The number of carbonyl (C=O) groups excluding carboxylic acids is 3. The van der Waals surface area contributed by atoms with Gasteiger partial charge in [0.05, 0.1) is 19.8 Å². The monoisotopic (exact) mass is 469 g/mol. The highest BCUT2D eigenvalue weighted by atomic mass is 16.5. The first-order valence-corrected chi connectivity index (χ1v) is 11.5. The summed E-state index contributed by atoms with van der Waals surface area (Å²) in [5.74, 6) is -0.115. The second-order valence-corrected chi connectivity index (χ2v) is 7.69. The number of fused-ring (bicyclic) bond motifs is 1. The Labute approximate surface area is 199 Å². The van der Waals surface area contributed by atoms with Crippen LogP contribution in [0.25, 0.3) is 0 Å². The molecule has 0 saturated carbocycles. The van der Waals surface area contributed by atoms with Crippen LogP contribution < -0.4 is 30.4 Å². The Morgan fingerprint density at radius 2 is 1.62 bits per heavy atom. The molecule has 3 rings (SSSR count). The summed E-state index contributed by atoms with van der Waals surface area (Å²) in [6, 6.07) is 10.7. The topological polar surface area (TPSA) is 115 Å². The molecule has 0 fully saturated rings. The number of rotatable bonds is 10. The maximum atomic E-state index is 12.7. The van der Waals surface area contributed by atoms with E-state index in [-0.39, 0.29) is 29.7 Å². The minimum absolute atomic E-state index is 0.0954. The molecule has 0 saturated heterocycles. The van der Waals surface area contributed by atoms with Crippen molar-refractivity contribution in [2.24, 2.45) is 5.92 Å². The zero-order valence-corrected chi connectivity index (χ0v) is 19.7. The van der Waals surface area contributed by atoms with E-state index in [1.165, 1.54) is 0 Å². The van der Waals surface area contributed by atoms with E-state index in [2.05, 4.69) is 16.2 Å². The van der Waals surface area contributed by atoms with Gasteiger partial charge < -0.3 is 19.5 Å². The first kappa shape index (κ1) is 24.9. The fourth-order valence-electron chi connectivity index (χ4n) is 3.73. The minimum Gasteiger partial charge on any atom is -0.490 e. The van der Waals surface area contributed by atoms with Gasteiger partial charge in [0.25, 0.3) is 5.91 Å².